The molecule has 0 radical (unpaired) electrons. The van der Waals surface area contributed by atoms with Crippen LogP contribution < -0.4 is 4.74 Å². The summed E-state index contributed by atoms with van der Waals surface area (Å²) in [4.78, 5) is 7.57. The number of likely N-dealkylation sites (tertiary alicyclic amines) is 1. The first-order valence-corrected chi connectivity index (χ1v) is 12.2. The van der Waals surface area contributed by atoms with Gasteiger partial charge in [0.1, 0.15) is 18.2 Å². The van der Waals surface area contributed by atoms with Crippen molar-refractivity contribution in [2.75, 3.05) is 26.2 Å². The molecule has 0 aliphatic carbocycles. The Balaban J connectivity index is 1.43. The Kier molecular flexibility index (Phi) is 6.73. The Bertz CT molecular complexity index is 1190. The average Bonchev–Trinajstić information content (AvgIpc) is 2.99. The molecule has 2 heterocycles. The third kappa shape index (κ3) is 5.28. The summed E-state index contributed by atoms with van der Waals surface area (Å²) in [6, 6.07) is 25.5. The van der Waals surface area contributed by atoms with Gasteiger partial charge in [-0.15, -0.1) is 0 Å². The third-order valence-corrected chi connectivity index (χ3v) is 6.55. The van der Waals surface area contributed by atoms with E-state index in [0.29, 0.717) is 0 Å². The number of aromatic nitrogens is 2. The number of ether oxygens (including phenoxy) is 1. The summed E-state index contributed by atoms with van der Waals surface area (Å²) in [7, 11) is 0. The van der Waals surface area contributed by atoms with Gasteiger partial charge in [0.25, 0.3) is 0 Å². The van der Waals surface area contributed by atoms with Crippen molar-refractivity contribution < 1.29 is 4.74 Å². The second kappa shape index (κ2) is 10.2. The van der Waals surface area contributed by atoms with Crippen molar-refractivity contribution in [3.63, 3.8) is 0 Å². The number of fused-ring (bicyclic) bond motifs is 1. The summed E-state index contributed by atoms with van der Waals surface area (Å²) < 4.78 is 8.53. The molecule has 0 spiro atoms. The molecular weight excluding hydrogens is 406 g/mol. The largest absolute Gasteiger partial charge is 0.492 e. The summed E-state index contributed by atoms with van der Waals surface area (Å²) in [6.07, 6.45) is 5.35. The molecule has 0 atom stereocenters. The van der Waals surface area contributed by atoms with Crippen molar-refractivity contribution in [1.29, 1.82) is 0 Å². The first-order chi connectivity index (χ1) is 16.3. The van der Waals surface area contributed by atoms with E-state index in [4.69, 9.17) is 9.72 Å². The lowest BCUT2D eigenvalue weighted by Gasteiger charge is -2.19. The highest BCUT2D eigenvalue weighted by Crippen LogP contribution is 2.29. The molecule has 1 saturated heterocycles. The number of aryl methyl sites for hydroxylation is 1. The van der Waals surface area contributed by atoms with Crippen LogP contribution in [0.1, 0.15) is 36.8 Å². The van der Waals surface area contributed by atoms with Crippen LogP contribution >= 0.6 is 0 Å². The lowest BCUT2D eigenvalue weighted by atomic mass is 10.1. The van der Waals surface area contributed by atoms with Gasteiger partial charge in [0.15, 0.2) is 0 Å². The van der Waals surface area contributed by atoms with Crippen molar-refractivity contribution in [2.45, 2.75) is 39.2 Å². The minimum atomic E-state index is 0.725. The molecule has 1 aromatic heterocycles. The molecule has 1 aliphatic rings. The summed E-state index contributed by atoms with van der Waals surface area (Å²) in [5.41, 5.74) is 5.76. The molecule has 0 bridgehead atoms. The number of imidazole rings is 1. The fraction of sp³-hybridized carbons (Fsp3) is 0.345. The number of hydrogen-bond acceptors (Lipinski definition) is 3. The maximum absolute atomic E-state index is 6.21. The lowest BCUT2D eigenvalue weighted by molar-refractivity contribution is 0.214. The molecule has 0 amide bonds. The highest BCUT2D eigenvalue weighted by Gasteiger charge is 2.15. The van der Waals surface area contributed by atoms with E-state index in [1.807, 2.05) is 0 Å². The molecular formula is C29H33N3O. The topological polar surface area (TPSA) is 30.3 Å². The van der Waals surface area contributed by atoms with E-state index in [2.05, 4.69) is 89.2 Å². The van der Waals surface area contributed by atoms with Gasteiger partial charge >= 0.3 is 0 Å². The Labute approximate surface area is 196 Å². The van der Waals surface area contributed by atoms with E-state index in [0.717, 1.165) is 47.9 Å². The fourth-order valence-electron chi connectivity index (χ4n) is 4.78. The minimum Gasteiger partial charge on any atom is -0.492 e. The van der Waals surface area contributed by atoms with Gasteiger partial charge in [0.2, 0.25) is 0 Å². The zero-order valence-electron chi connectivity index (χ0n) is 19.5. The van der Waals surface area contributed by atoms with Gasteiger partial charge in [-0.2, -0.15) is 0 Å². The summed E-state index contributed by atoms with van der Waals surface area (Å²) in [5.74, 6) is 1.92. The molecule has 1 fully saturated rings. The molecule has 4 aromatic rings. The van der Waals surface area contributed by atoms with Crippen LogP contribution in [-0.4, -0.2) is 40.7 Å². The monoisotopic (exact) mass is 439 g/mol. The molecule has 0 unspecified atom stereocenters. The molecule has 4 heteroatoms. The quantitative estimate of drug-likeness (QED) is 0.338. The number of rotatable bonds is 7. The van der Waals surface area contributed by atoms with E-state index in [-0.39, 0.29) is 0 Å². The van der Waals surface area contributed by atoms with E-state index in [9.17, 15) is 0 Å². The normalized spacial score (nSPS) is 14.9. The molecule has 5 rings (SSSR count). The van der Waals surface area contributed by atoms with Gasteiger partial charge in [-0.05, 0) is 56.6 Å². The zero-order valence-corrected chi connectivity index (χ0v) is 19.5. The standard InChI is InChI=1S/C29H33N3O/c1-23-10-9-13-25(20-23)29-30-27-15-14-26(33-19-18-31-16-7-2-3-8-17-31)21-28(27)32(29)22-24-11-5-4-6-12-24/h4-6,9-15,20-21H,2-3,7-8,16-19,22H2,1H3. The fourth-order valence-corrected chi connectivity index (χ4v) is 4.78. The van der Waals surface area contributed by atoms with Crippen molar-refractivity contribution in [1.82, 2.24) is 14.5 Å². The lowest BCUT2D eigenvalue weighted by Crippen LogP contribution is -2.29. The van der Waals surface area contributed by atoms with Crippen molar-refractivity contribution in [3.05, 3.63) is 83.9 Å². The van der Waals surface area contributed by atoms with Crippen LogP contribution in [0.2, 0.25) is 0 Å². The summed E-state index contributed by atoms with van der Waals surface area (Å²) >= 11 is 0. The molecule has 170 valence electrons. The van der Waals surface area contributed by atoms with E-state index >= 15 is 0 Å². The van der Waals surface area contributed by atoms with Gasteiger partial charge < -0.3 is 9.30 Å². The molecule has 33 heavy (non-hydrogen) atoms. The Morgan fingerprint density at radius 1 is 0.848 bits per heavy atom. The molecule has 0 N–H and O–H groups in total. The van der Waals surface area contributed by atoms with Gasteiger partial charge in [0.05, 0.1) is 11.0 Å². The van der Waals surface area contributed by atoms with E-state index in [1.165, 1.54) is 49.9 Å². The zero-order chi connectivity index (χ0) is 22.5. The van der Waals surface area contributed by atoms with Gasteiger partial charge in [-0.1, -0.05) is 66.9 Å². The Morgan fingerprint density at radius 3 is 2.45 bits per heavy atom. The van der Waals surface area contributed by atoms with Crippen LogP contribution in [0.4, 0.5) is 0 Å². The van der Waals surface area contributed by atoms with E-state index < -0.39 is 0 Å². The van der Waals surface area contributed by atoms with Crippen LogP contribution in [0.25, 0.3) is 22.4 Å². The predicted octanol–water partition coefficient (Wildman–Crippen LogP) is 6.31. The van der Waals surface area contributed by atoms with Crippen molar-refractivity contribution >= 4 is 11.0 Å². The molecule has 0 saturated carbocycles. The maximum Gasteiger partial charge on any atom is 0.141 e. The summed E-state index contributed by atoms with van der Waals surface area (Å²) in [6.45, 7) is 7.03. The van der Waals surface area contributed by atoms with Crippen molar-refractivity contribution in [3.8, 4) is 17.1 Å². The SMILES string of the molecule is Cc1cccc(-c2nc3ccc(OCCN4CCCCCC4)cc3n2Cc2ccccc2)c1. The second-order valence-electron chi connectivity index (χ2n) is 9.13. The molecule has 4 nitrogen and oxygen atoms in total. The van der Waals surface area contributed by atoms with Crippen LogP contribution in [0.5, 0.6) is 5.75 Å². The van der Waals surface area contributed by atoms with Crippen LogP contribution in [0.3, 0.4) is 0 Å². The number of benzene rings is 3. The number of nitrogens with zero attached hydrogens (tertiary/aromatic N) is 3. The first-order valence-electron chi connectivity index (χ1n) is 12.2. The average molecular weight is 440 g/mol. The molecule has 3 aromatic carbocycles. The van der Waals surface area contributed by atoms with Crippen LogP contribution in [0, 0.1) is 6.92 Å². The third-order valence-electron chi connectivity index (χ3n) is 6.55. The summed E-state index contributed by atoms with van der Waals surface area (Å²) in [5, 5.41) is 0. The van der Waals surface area contributed by atoms with Gasteiger partial charge in [0, 0.05) is 24.7 Å². The Morgan fingerprint density at radius 2 is 1.67 bits per heavy atom. The van der Waals surface area contributed by atoms with Crippen LogP contribution in [-0.2, 0) is 6.54 Å². The van der Waals surface area contributed by atoms with Gasteiger partial charge in [-0.25, -0.2) is 4.98 Å². The highest BCUT2D eigenvalue weighted by molar-refractivity contribution is 5.82. The minimum absolute atomic E-state index is 0.725. The second-order valence-corrected chi connectivity index (χ2v) is 9.13. The van der Waals surface area contributed by atoms with Gasteiger partial charge in [-0.3, -0.25) is 4.90 Å². The Hall–Kier alpha value is -3.11. The predicted molar refractivity (Wildman–Crippen MR) is 136 cm³/mol. The number of hydrogen-bond donors (Lipinski definition) is 0. The molecule has 1 aliphatic heterocycles. The van der Waals surface area contributed by atoms with Crippen molar-refractivity contribution in [2.24, 2.45) is 0 Å². The van der Waals surface area contributed by atoms with E-state index in [1.54, 1.807) is 0 Å². The smallest absolute Gasteiger partial charge is 0.141 e. The maximum atomic E-state index is 6.21. The first kappa shape index (κ1) is 21.7. The highest BCUT2D eigenvalue weighted by atomic mass is 16.5. The van der Waals surface area contributed by atoms with Crippen LogP contribution in [0.15, 0.2) is 72.8 Å².